The summed E-state index contributed by atoms with van der Waals surface area (Å²) in [5.41, 5.74) is 1.37. The predicted octanol–water partition coefficient (Wildman–Crippen LogP) is 2.05. The van der Waals surface area contributed by atoms with Crippen molar-refractivity contribution in [1.82, 2.24) is 10.3 Å². The molecule has 0 amide bonds. The van der Waals surface area contributed by atoms with E-state index in [9.17, 15) is 0 Å². The molecule has 1 aromatic rings. The van der Waals surface area contributed by atoms with Crippen LogP contribution in [0.15, 0.2) is 0 Å². The molecule has 2 rings (SSSR count). The fourth-order valence-corrected chi connectivity index (χ4v) is 2.48. The van der Waals surface area contributed by atoms with Gasteiger partial charge < -0.3 is 5.32 Å². The lowest BCUT2D eigenvalue weighted by molar-refractivity contribution is 0.812. The van der Waals surface area contributed by atoms with Gasteiger partial charge in [-0.25, -0.2) is 4.98 Å². The number of aromatic nitrogens is 1. The first-order chi connectivity index (χ1) is 5.81. The van der Waals surface area contributed by atoms with Crippen LogP contribution in [-0.4, -0.2) is 12.0 Å². The van der Waals surface area contributed by atoms with Crippen molar-refractivity contribution in [2.75, 3.05) is 7.05 Å². The number of thiazole rings is 1. The number of nitrogens with zero attached hydrogens (tertiary/aromatic N) is 1. The van der Waals surface area contributed by atoms with Gasteiger partial charge >= 0.3 is 0 Å². The van der Waals surface area contributed by atoms with Gasteiger partial charge in [0.25, 0.3) is 0 Å². The zero-order valence-electron chi connectivity index (χ0n) is 7.55. The summed E-state index contributed by atoms with van der Waals surface area (Å²) in [5, 5.41) is 4.40. The van der Waals surface area contributed by atoms with Gasteiger partial charge in [0.15, 0.2) is 0 Å². The summed E-state index contributed by atoms with van der Waals surface area (Å²) >= 11 is 1.83. The quantitative estimate of drug-likeness (QED) is 0.774. The second kappa shape index (κ2) is 3.15. The van der Waals surface area contributed by atoms with Crippen LogP contribution in [0.1, 0.15) is 34.3 Å². The average Bonchev–Trinajstić information content (AvgIpc) is 2.79. The first-order valence-corrected chi connectivity index (χ1v) is 5.23. The van der Waals surface area contributed by atoms with Crippen LogP contribution in [0, 0.1) is 6.92 Å². The highest BCUT2D eigenvalue weighted by Gasteiger charge is 2.28. The zero-order valence-corrected chi connectivity index (χ0v) is 8.37. The molecular formula is C9H14N2S. The van der Waals surface area contributed by atoms with E-state index in [4.69, 9.17) is 0 Å². The lowest BCUT2D eigenvalue weighted by Gasteiger charge is -1.97. The highest BCUT2D eigenvalue weighted by atomic mass is 32.1. The molecule has 0 radical (unpaired) electrons. The first-order valence-electron chi connectivity index (χ1n) is 4.42. The fraction of sp³-hybridized carbons (Fsp3) is 0.667. The van der Waals surface area contributed by atoms with E-state index in [-0.39, 0.29) is 0 Å². The minimum absolute atomic E-state index is 0.790. The normalized spacial score (nSPS) is 16.8. The molecule has 1 fully saturated rings. The molecule has 0 spiro atoms. The average molecular weight is 182 g/mol. The van der Waals surface area contributed by atoms with Crippen molar-refractivity contribution in [3.05, 3.63) is 15.6 Å². The number of hydrogen-bond acceptors (Lipinski definition) is 3. The summed E-state index contributed by atoms with van der Waals surface area (Å²) in [6.07, 6.45) is 2.69. The van der Waals surface area contributed by atoms with Gasteiger partial charge in [0, 0.05) is 17.3 Å². The van der Waals surface area contributed by atoms with Crippen LogP contribution in [0.3, 0.4) is 0 Å². The second-order valence-electron chi connectivity index (χ2n) is 3.35. The Morgan fingerprint density at radius 3 is 2.92 bits per heavy atom. The summed E-state index contributed by atoms with van der Waals surface area (Å²) in [5.74, 6) is 0.790. The molecule has 0 atom stereocenters. The van der Waals surface area contributed by atoms with Gasteiger partial charge in [0.2, 0.25) is 0 Å². The van der Waals surface area contributed by atoms with E-state index in [0.29, 0.717) is 0 Å². The summed E-state index contributed by atoms with van der Waals surface area (Å²) < 4.78 is 0. The van der Waals surface area contributed by atoms with E-state index in [2.05, 4.69) is 17.2 Å². The molecule has 0 unspecified atom stereocenters. The van der Waals surface area contributed by atoms with Gasteiger partial charge in [-0.05, 0) is 26.8 Å². The van der Waals surface area contributed by atoms with Gasteiger partial charge in [-0.1, -0.05) is 0 Å². The lowest BCUT2D eigenvalue weighted by atomic mass is 10.2. The van der Waals surface area contributed by atoms with Crippen LogP contribution in [0.5, 0.6) is 0 Å². The topological polar surface area (TPSA) is 24.9 Å². The summed E-state index contributed by atoms with van der Waals surface area (Å²) in [6, 6.07) is 0. The molecular weight excluding hydrogens is 168 g/mol. The van der Waals surface area contributed by atoms with E-state index in [1.807, 2.05) is 18.4 Å². The van der Waals surface area contributed by atoms with Crippen molar-refractivity contribution in [2.45, 2.75) is 32.2 Å². The molecule has 66 valence electrons. The maximum Gasteiger partial charge on any atom is 0.0900 e. The SMILES string of the molecule is CNCc1sc(C)nc1C1CC1. The molecule has 2 nitrogen and oxygen atoms in total. The number of nitrogens with one attached hydrogen (secondary N) is 1. The summed E-state index contributed by atoms with van der Waals surface area (Å²) in [4.78, 5) is 6.01. The molecule has 1 saturated carbocycles. The van der Waals surface area contributed by atoms with Crippen molar-refractivity contribution in [3.63, 3.8) is 0 Å². The van der Waals surface area contributed by atoms with Crippen molar-refractivity contribution in [2.24, 2.45) is 0 Å². The van der Waals surface area contributed by atoms with Gasteiger partial charge in [0.05, 0.1) is 10.7 Å². The smallest absolute Gasteiger partial charge is 0.0900 e. The maximum absolute atomic E-state index is 4.57. The molecule has 1 aliphatic carbocycles. The van der Waals surface area contributed by atoms with E-state index in [1.165, 1.54) is 28.4 Å². The second-order valence-corrected chi connectivity index (χ2v) is 4.63. The Kier molecular flexibility index (Phi) is 2.15. The van der Waals surface area contributed by atoms with E-state index < -0.39 is 0 Å². The molecule has 0 saturated heterocycles. The lowest BCUT2D eigenvalue weighted by Crippen LogP contribution is -2.05. The van der Waals surface area contributed by atoms with E-state index in [1.54, 1.807) is 0 Å². The Labute approximate surface area is 77.0 Å². The summed E-state index contributed by atoms with van der Waals surface area (Å²) in [6.45, 7) is 3.08. The van der Waals surface area contributed by atoms with E-state index >= 15 is 0 Å². The van der Waals surface area contributed by atoms with Crippen LogP contribution in [0.25, 0.3) is 0 Å². The van der Waals surface area contributed by atoms with Crippen molar-refractivity contribution < 1.29 is 0 Å². The van der Waals surface area contributed by atoms with Gasteiger partial charge in [-0.15, -0.1) is 11.3 Å². The van der Waals surface area contributed by atoms with Crippen LogP contribution in [0.2, 0.25) is 0 Å². The molecule has 3 heteroatoms. The maximum atomic E-state index is 4.57. The van der Waals surface area contributed by atoms with Crippen molar-refractivity contribution >= 4 is 11.3 Å². The Hall–Kier alpha value is -0.410. The molecule has 1 aromatic heterocycles. The first kappa shape index (κ1) is 8.20. The molecule has 0 bridgehead atoms. The summed E-state index contributed by atoms with van der Waals surface area (Å²) in [7, 11) is 1.99. The standard InChI is InChI=1S/C9H14N2S/c1-6-11-9(7-3-4-7)8(12-6)5-10-2/h7,10H,3-5H2,1-2H3. The fourth-order valence-electron chi connectivity index (χ4n) is 1.45. The monoisotopic (exact) mass is 182 g/mol. The van der Waals surface area contributed by atoms with Gasteiger partial charge in [-0.2, -0.15) is 0 Å². The van der Waals surface area contributed by atoms with Gasteiger partial charge in [0.1, 0.15) is 0 Å². The van der Waals surface area contributed by atoms with Crippen LogP contribution < -0.4 is 5.32 Å². The minimum Gasteiger partial charge on any atom is -0.315 e. The third kappa shape index (κ3) is 1.52. The Bertz CT molecular complexity index is 276. The molecule has 1 N–H and O–H groups in total. The third-order valence-corrected chi connectivity index (χ3v) is 3.12. The van der Waals surface area contributed by atoms with Gasteiger partial charge in [-0.3, -0.25) is 0 Å². The largest absolute Gasteiger partial charge is 0.315 e. The highest BCUT2D eigenvalue weighted by molar-refractivity contribution is 7.11. The van der Waals surface area contributed by atoms with E-state index in [0.717, 1.165) is 12.5 Å². The number of aryl methyl sites for hydroxylation is 1. The number of rotatable bonds is 3. The Morgan fingerprint density at radius 2 is 2.33 bits per heavy atom. The third-order valence-electron chi connectivity index (χ3n) is 2.14. The minimum atomic E-state index is 0.790. The molecule has 0 aliphatic heterocycles. The molecule has 1 heterocycles. The highest BCUT2D eigenvalue weighted by Crippen LogP contribution is 2.42. The number of hydrogen-bond donors (Lipinski definition) is 1. The van der Waals surface area contributed by atoms with Crippen LogP contribution >= 0.6 is 11.3 Å². The molecule has 0 aromatic carbocycles. The van der Waals surface area contributed by atoms with Crippen molar-refractivity contribution in [1.29, 1.82) is 0 Å². The van der Waals surface area contributed by atoms with Crippen LogP contribution in [-0.2, 0) is 6.54 Å². The Balaban J connectivity index is 2.24. The van der Waals surface area contributed by atoms with Crippen molar-refractivity contribution in [3.8, 4) is 0 Å². The van der Waals surface area contributed by atoms with Crippen LogP contribution in [0.4, 0.5) is 0 Å². The molecule has 1 aliphatic rings. The Morgan fingerprint density at radius 1 is 1.58 bits per heavy atom. The molecule has 12 heavy (non-hydrogen) atoms. The zero-order chi connectivity index (χ0) is 8.55. The predicted molar refractivity (Wildman–Crippen MR) is 51.6 cm³/mol.